The summed E-state index contributed by atoms with van der Waals surface area (Å²) in [6, 6.07) is 15.7. The first kappa shape index (κ1) is 18.1. The molecule has 1 aromatic heterocycles. The Balaban J connectivity index is 1.55. The predicted octanol–water partition coefficient (Wildman–Crippen LogP) is 4.18. The van der Waals surface area contributed by atoms with Crippen molar-refractivity contribution in [3.63, 3.8) is 0 Å². The number of aromatic nitrogens is 1. The largest absolute Gasteiger partial charge is 0.454 e. The highest BCUT2D eigenvalue weighted by Gasteiger charge is 2.23. The Hall–Kier alpha value is -2.90. The molecule has 3 aromatic rings. The van der Waals surface area contributed by atoms with E-state index < -0.39 is 0 Å². The number of H-pyrrole nitrogens is 1. The van der Waals surface area contributed by atoms with Crippen LogP contribution in [0.15, 0.2) is 63.1 Å². The number of anilines is 2. The summed E-state index contributed by atoms with van der Waals surface area (Å²) in [6.07, 6.45) is 0. The summed E-state index contributed by atoms with van der Waals surface area (Å²) in [5.74, 6) is 1.60. The zero-order valence-corrected chi connectivity index (χ0v) is 16.8. The number of nitrogens with zero attached hydrogens (tertiary/aromatic N) is 1. The van der Waals surface area contributed by atoms with Gasteiger partial charge in [-0.05, 0) is 36.4 Å². The molecule has 2 N–H and O–H groups in total. The summed E-state index contributed by atoms with van der Waals surface area (Å²) in [6.45, 7) is 2.91. The number of benzene rings is 2. The van der Waals surface area contributed by atoms with Gasteiger partial charge in [-0.25, -0.2) is 0 Å². The highest BCUT2D eigenvalue weighted by Crippen LogP contribution is 2.51. The van der Waals surface area contributed by atoms with Gasteiger partial charge in [-0.3, -0.25) is 4.79 Å². The van der Waals surface area contributed by atoms with Crippen LogP contribution >= 0.6 is 11.8 Å². The zero-order chi connectivity index (χ0) is 19.8. The van der Waals surface area contributed by atoms with Gasteiger partial charge in [0.25, 0.3) is 0 Å². The lowest BCUT2D eigenvalue weighted by atomic mass is 10.1. The third-order valence-corrected chi connectivity index (χ3v) is 6.22. The third-order valence-electron chi connectivity index (χ3n) is 5.14. The molecule has 29 heavy (non-hydrogen) atoms. The quantitative estimate of drug-likeness (QED) is 0.531. The SMILES string of the molecule is CNc1ccc2c(c1)Sc1cccc(-c3cc(N4CCOCC4)cc(=O)[nH]3)c1O2. The maximum Gasteiger partial charge on any atom is 0.250 e. The molecule has 7 heteroatoms. The van der Waals surface area contributed by atoms with Crippen molar-refractivity contribution in [1.82, 2.24) is 4.98 Å². The van der Waals surface area contributed by atoms with Crippen LogP contribution in [0.3, 0.4) is 0 Å². The van der Waals surface area contributed by atoms with E-state index in [1.807, 2.05) is 43.4 Å². The number of aromatic amines is 1. The van der Waals surface area contributed by atoms with Crippen LogP contribution in [0, 0.1) is 0 Å². The van der Waals surface area contributed by atoms with E-state index in [4.69, 9.17) is 9.47 Å². The molecule has 0 spiro atoms. The maximum atomic E-state index is 12.4. The molecule has 1 fully saturated rings. The van der Waals surface area contributed by atoms with E-state index in [1.54, 1.807) is 17.8 Å². The van der Waals surface area contributed by atoms with E-state index in [-0.39, 0.29) is 5.56 Å². The van der Waals surface area contributed by atoms with Crippen LogP contribution in [0.25, 0.3) is 11.3 Å². The van der Waals surface area contributed by atoms with Gasteiger partial charge in [0, 0.05) is 43.1 Å². The van der Waals surface area contributed by atoms with Crippen LogP contribution in [0.2, 0.25) is 0 Å². The van der Waals surface area contributed by atoms with Crippen molar-refractivity contribution < 1.29 is 9.47 Å². The Bertz CT molecular complexity index is 1120. The molecule has 2 aliphatic rings. The topological polar surface area (TPSA) is 66.6 Å². The average Bonchev–Trinajstić information content (AvgIpc) is 2.77. The molecule has 0 unspecified atom stereocenters. The van der Waals surface area contributed by atoms with E-state index in [9.17, 15) is 4.79 Å². The Morgan fingerprint density at radius 3 is 2.76 bits per heavy atom. The van der Waals surface area contributed by atoms with E-state index in [2.05, 4.69) is 21.3 Å². The summed E-state index contributed by atoms with van der Waals surface area (Å²) in [4.78, 5) is 19.7. The first-order chi connectivity index (χ1) is 14.2. The first-order valence-electron chi connectivity index (χ1n) is 9.59. The summed E-state index contributed by atoms with van der Waals surface area (Å²) in [5, 5.41) is 3.16. The number of hydrogen-bond donors (Lipinski definition) is 2. The highest BCUT2D eigenvalue weighted by atomic mass is 32.2. The van der Waals surface area contributed by atoms with Crippen LogP contribution in [-0.2, 0) is 4.74 Å². The standard InChI is InChI=1S/C22H21N3O3S/c1-23-14-5-6-18-20(11-14)29-19-4-2-3-16(22(19)28-18)17-12-15(13-21(26)24-17)25-7-9-27-10-8-25/h2-6,11-13,23H,7-10H2,1H3,(H,24,26). The van der Waals surface area contributed by atoms with Gasteiger partial charge in [0.05, 0.1) is 28.7 Å². The van der Waals surface area contributed by atoms with Crippen LogP contribution in [-0.4, -0.2) is 38.3 Å². The Morgan fingerprint density at radius 1 is 1.07 bits per heavy atom. The lowest BCUT2D eigenvalue weighted by Gasteiger charge is -2.29. The first-order valence-corrected chi connectivity index (χ1v) is 10.4. The van der Waals surface area contributed by atoms with Crippen molar-refractivity contribution in [1.29, 1.82) is 0 Å². The van der Waals surface area contributed by atoms with Crippen molar-refractivity contribution in [2.45, 2.75) is 9.79 Å². The monoisotopic (exact) mass is 407 g/mol. The molecule has 0 saturated carbocycles. The summed E-state index contributed by atoms with van der Waals surface area (Å²) < 4.78 is 11.7. The normalized spacial score (nSPS) is 15.3. The number of nitrogens with one attached hydrogen (secondary N) is 2. The molecule has 148 valence electrons. The number of para-hydroxylation sites is 1. The molecule has 0 aliphatic carbocycles. The minimum Gasteiger partial charge on any atom is -0.454 e. The number of ether oxygens (including phenoxy) is 2. The number of fused-ring (bicyclic) bond motifs is 2. The molecule has 5 rings (SSSR count). The van der Waals surface area contributed by atoms with Crippen molar-refractivity contribution in [2.75, 3.05) is 43.6 Å². The van der Waals surface area contributed by atoms with Gasteiger partial charge in [0.15, 0.2) is 5.75 Å². The van der Waals surface area contributed by atoms with Gasteiger partial charge < -0.3 is 24.7 Å². The Morgan fingerprint density at radius 2 is 1.93 bits per heavy atom. The van der Waals surface area contributed by atoms with Gasteiger partial charge in [-0.2, -0.15) is 0 Å². The second-order valence-corrected chi connectivity index (χ2v) is 8.05. The molecular weight excluding hydrogens is 386 g/mol. The number of pyridine rings is 1. The molecule has 1 saturated heterocycles. The van der Waals surface area contributed by atoms with Crippen LogP contribution in [0.1, 0.15) is 0 Å². The fourth-order valence-corrected chi connectivity index (χ4v) is 4.67. The number of morpholine rings is 1. The lowest BCUT2D eigenvalue weighted by molar-refractivity contribution is 0.122. The van der Waals surface area contributed by atoms with Gasteiger partial charge in [0.2, 0.25) is 5.56 Å². The number of hydrogen-bond acceptors (Lipinski definition) is 6. The highest BCUT2D eigenvalue weighted by molar-refractivity contribution is 7.99. The molecule has 2 aromatic carbocycles. The van der Waals surface area contributed by atoms with Gasteiger partial charge in [-0.15, -0.1) is 0 Å². The summed E-state index contributed by atoms with van der Waals surface area (Å²) in [7, 11) is 1.90. The maximum absolute atomic E-state index is 12.4. The Kier molecular flexibility index (Phi) is 4.69. The smallest absolute Gasteiger partial charge is 0.250 e. The van der Waals surface area contributed by atoms with Crippen molar-refractivity contribution in [3.05, 3.63) is 58.9 Å². The minimum absolute atomic E-state index is 0.121. The molecule has 0 amide bonds. The predicted molar refractivity (Wildman–Crippen MR) is 116 cm³/mol. The average molecular weight is 407 g/mol. The molecule has 0 atom stereocenters. The van der Waals surface area contributed by atoms with Crippen LogP contribution < -0.4 is 20.5 Å². The van der Waals surface area contributed by atoms with Gasteiger partial charge in [0.1, 0.15) is 5.75 Å². The fourth-order valence-electron chi connectivity index (χ4n) is 3.65. The van der Waals surface area contributed by atoms with Gasteiger partial charge >= 0.3 is 0 Å². The molecule has 6 nitrogen and oxygen atoms in total. The van der Waals surface area contributed by atoms with Crippen LogP contribution in [0.4, 0.5) is 11.4 Å². The van der Waals surface area contributed by atoms with E-state index >= 15 is 0 Å². The summed E-state index contributed by atoms with van der Waals surface area (Å²) in [5.41, 5.74) is 3.47. The number of rotatable bonds is 3. The zero-order valence-electron chi connectivity index (χ0n) is 16.0. The van der Waals surface area contributed by atoms with Crippen molar-refractivity contribution in [2.24, 2.45) is 0 Å². The minimum atomic E-state index is -0.121. The lowest BCUT2D eigenvalue weighted by Crippen LogP contribution is -2.36. The van der Waals surface area contributed by atoms with Crippen LogP contribution in [0.5, 0.6) is 11.5 Å². The fraction of sp³-hybridized carbons (Fsp3) is 0.227. The third kappa shape index (κ3) is 3.47. The second kappa shape index (κ2) is 7.50. The van der Waals surface area contributed by atoms with Crippen molar-refractivity contribution in [3.8, 4) is 22.8 Å². The second-order valence-electron chi connectivity index (χ2n) is 6.96. The summed E-state index contributed by atoms with van der Waals surface area (Å²) >= 11 is 1.67. The molecule has 0 radical (unpaired) electrons. The Labute approximate surface area is 172 Å². The molecular formula is C22H21N3O3S. The van der Waals surface area contributed by atoms with E-state index in [0.29, 0.717) is 13.2 Å². The van der Waals surface area contributed by atoms with Crippen molar-refractivity contribution >= 4 is 23.1 Å². The van der Waals surface area contributed by atoms with Gasteiger partial charge in [-0.1, -0.05) is 17.8 Å². The molecule has 2 aliphatic heterocycles. The molecule has 0 bridgehead atoms. The van der Waals surface area contributed by atoms with E-state index in [0.717, 1.165) is 57.0 Å². The molecule has 3 heterocycles. The van der Waals surface area contributed by atoms with E-state index in [1.165, 1.54) is 0 Å².